The Balaban J connectivity index is 1.77. The van der Waals surface area contributed by atoms with Gasteiger partial charge in [-0.25, -0.2) is 0 Å². The normalized spacial score (nSPS) is 15.2. The first-order valence-electron chi connectivity index (χ1n) is 8.02. The van der Waals surface area contributed by atoms with Crippen molar-refractivity contribution in [2.24, 2.45) is 0 Å². The van der Waals surface area contributed by atoms with E-state index in [1.807, 2.05) is 12.1 Å². The number of aryl methyl sites for hydroxylation is 1. The third-order valence-corrected chi connectivity index (χ3v) is 3.92. The molecule has 0 saturated carbocycles. The van der Waals surface area contributed by atoms with E-state index in [1.165, 1.54) is 5.56 Å². The number of nitrogens with one attached hydrogen (secondary N) is 2. The van der Waals surface area contributed by atoms with Crippen LogP contribution >= 0.6 is 0 Å². The molecule has 2 N–H and O–H groups in total. The molecule has 1 aromatic rings. The van der Waals surface area contributed by atoms with Gasteiger partial charge in [-0.15, -0.1) is 0 Å². The number of ether oxygens (including phenoxy) is 1. The average molecular weight is 290 g/mol. The van der Waals surface area contributed by atoms with Crippen molar-refractivity contribution in [3.8, 4) is 5.75 Å². The molecule has 2 rings (SSSR count). The van der Waals surface area contributed by atoms with Gasteiger partial charge in [0.15, 0.2) is 0 Å². The highest BCUT2D eigenvalue weighted by Crippen LogP contribution is 2.26. The summed E-state index contributed by atoms with van der Waals surface area (Å²) in [7, 11) is 0. The number of benzene rings is 1. The lowest BCUT2D eigenvalue weighted by atomic mass is 10.0. The molecule has 0 fully saturated rings. The molecule has 4 nitrogen and oxygen atoms in total. The van der Waals surface area contributed by atoms with Gasteiger partial charge in [-0.3, -0.25) is 4.79 Å². The quantitative estimate of drug-likeness (QED) is 0.723. The molecule has 0 aliphatic carbocycles. The monoisotopic (exact) mass is 290 g/mol. The molecule has 0 aromatic heterocycles. The number of anilines is 1. The lowest BCUT2D eigenvalue weighted by molar-refractivity contribution is -0.116. The van der Waals surface area contributed by atoms with Crippen molar-refractivity contribution in [1.29, 1.82) is 0 Å². The van der Waals surface area contributed by atoms with Crippen LogP contribution in [0.5, 0.6) is 5.75 Å². The molecule has 1 aromatic carbocycles. The summed E-state index contributed by atoms with van der Waals surface area (Å²) in [4.78, 5) is 11.3. The maximum Gasteiger partial charge on any atom is 0.224 e. The van der Waals surface area contributed by atoms with Gasteiger partial charge in [-0.2, -0.15) is 0 Å². The molecule has 21 heavy (non-hydrogen) atoms. The number of hydrogen-bond donors (Lipinski definition) is 2. The molecule has 1 unspecified atom stereocenters. The van der Waals surface area contributed by atoms with E-state index in [0.717, 1.165) is 50.3 Å². The van der Waals surface area contributed by atoms with Crippen LogP contribution in [0, 0.1) is 0 Å². The number of carbonyl (C=O) groups excluding carboxylic acids is 1. The van der Waals surface area contributed by atoms with Crippen molar-refractivity contribution in [2.75, 3.05) is 18.5 Å². The van der Waals surface area contributed by atoms with Gasteiger partial charge >= 0.3 is 0 Å². The van der Waals surface area contributed by atoms with E-state index in [-0.39, 0.29) is 5.91 Å². The first-order chi connectivity index (χ1) is 10.2. The summed E-state index contributed by atoms with van der Waals surface area (Å²) in [6.07, 6.45) is 4.73. The molecule has 0 spiro atoms. The fourth-order valence-corrected chi connectivity index (χ4v) is 2.71. The van der Waals surface area contributed by atoms with Gasteiger partial charge in [-0.1, -0.05) is 13.8 Å². The van der Waals surface area contributed by atoms with Crippen LogP contribution in [-0.4, -0.2) is 25.1 Å². The fourth-order valence-electron chi connectivity index (χ4n) is 2.71. The predicted molar refractivity (Wildman–Crippen MR) is 85.9 cm³/mol. The third kappa shape index (κ3) is 4.74. The summed E-state index contributed by atoms with van der Waals surface area (Å²) < 4.78 is 5.83. The number of amides is 1. The topological polar surface area (TPSA) is 50.4 Å². The van der Waals surface area contributed by atoms with E-state index < -0.39 is 0 Å². The van der Waals surface area contributed by atoms with E-state index in [2.05, 4.69) is 30.5 Å². The van der Waals surface area contributed by atoms with Gasteiger partial charge in [0, 0.05) is 18.2 Å². The highest BCUT2D eigenvalue weighted by Gasteiger charge is 2.15. The Bertz CT molecular complexity index is 474. The molecule has 0 saturated heterocycles. The van der Waals surface area contributed by atoms with E-state index in [0.29, 0.717) is 12.5 Å². The van der Waals surface area contributed by atoms with E-state index in [9.17, 15) is 4.79 Å². The van der Waals surface area contributed by atoms with Crippen LogP contribution in [-0.2, 0) is 11.2 Å². The van der Waals surface area contributed by atoms with Gasteiger partial charge in [0.1, 0.15) is 5.75 Å². The van der Waals surface area contributed by atoms with Crippen molar-refractivity contribution >= 4 is 11.6 Å². The van der Waals surface area contributed by atoms with Crippen LogP contribution in [0.3, 0.4) is 0 Å². The molecule has 1 atom stereocenters. The molecule has 0 radical (unpaired) electrons. The van der Waals surface area contributed by atoms with Gasteiger partial charge in [-0.05, 0) is 56.0 Å². The molecular weight excluding hydrogens is 264 g/mol. The molecule has 1 aliphatic heterocycles. The van der Waals surface area contributed by atoms with Crippen LogP contribution in [0.25, 0.3) is 0 Å². The maximum atomic E-state index is 11.3. The summed E-state index contributed by atoms with van der Waals surface area (Å²) >= 11 is 0. The predicted octanol–water partition coefficient (Wildman–Crippen LogP) is 3.12. The molecular formula is C17H26N2O2. The molecule has 116 valence electrons. The molecule has 1 heterocycles. The minimum Gasteiger partial charge on any atom is -0.494 e. The van der Waals surface area contributed by atoms with Crippen LogP contribution in [0.1, 0.15) is 45.1 Å². The van der Waals surface area contributed by atoms with Crippen molar-refractivity contribution in [3.05, 3.63) is 23.8 Å². The van der Waals surface area contributed by atoms with Crippen LogP contribution < -0.4 is 15.4 Å². The number of rotatable bonds is 8. The fraction of sp³-hybridized carbons (Fsp3) is 0.588. The second-order valence-corrected chi connectivity index (χ2v) is 5.52. The van der Waals surface area contributed by atoms with Crippen molar-refractivity contribution in [1.82, 2.24) is 5.32 Å². The van der Waals surface area contributed by atoms with Crippen LogP contribution in [0.2, 0.25) is 0 Å². The first kappa shape index (κ1) is 15.8. The van der Waals surface area contributed by atoms with Crippen LogP contribution in [0.15, 0.2) is 18.2 Å². The second-order valence-electron chi connectivity index (χ2n) is 5.52. The second kappa shape index (κ2) is 8.03. The Morgan fingerprint density at radius 3 is 2.95 bits per heavy atom. The maximum absolute atomic E-state index is 11.3. The SMILES string of the molecule is CCNC(CC)CCCOc1ccc2c(c1)CCC(=O)N2. The van der Waals surface area contributed by atoms with Gasteiger partial charge < -0.3 is 15.4 Å². The minimum absolute atomic E-state index is 0.102. The zero-order chi connectivity index (χ0) is 15.1. The van der Waals surface area contributed by atoms with Crippen LogP contribution in [0.4, 0.5) is 5.69 Å². The Labute approximate surface area is 127 Å². The zero-order valence-corrected chi connectivity index (χ0v) is 13.1. The molecule has 4 heteroatoms. The Morgan fingerprint density at radius 2 is 2.19 bits per heavy atom. The largest absolute Gasteiger partial charge is 0.494 e. The Morgan fingerprint density at radius 1 is 1.33 bits per heavy atom. The third-order valence-electron chi connectivity index (χ3n) is 3.92. The molecule has 0 bridgehead atoms. The lowest BCUT2D eigenvalue weighted by Crippen LogP contribution is -2.28. The lowest BCUT2D eigenvalue weighted by Gasteiger charge is -2.18. The number of carbonyl (C=O) groups is 1. The average Bonchev–Trinajstić information content (AvgIpc) is 2.50. The standard InChI is InChI=1S/C17H26N2O2/c1-3-14(18-4-2)6-5-11-21-15-8-9-16-13(12-15)7-10-17(20)19-16/h8-9,12,14,18H,3-7,10-11H2,1-2H3,(H,19,20). The van der Waals surface area contributed by atoms with Gasteiger partial charge in [0.2, 0.25) is 5.91 Å². The first-order valence-corrected chi connectivity index (χ1v) is 8.02. The summed E-state index contributed by atoms with van der Waals surface area (Å²) in [5, 5.41) is 6.37. The zero-order valence-electron chi connectivity index (χ0n) is 13.1. The highest BCUT2D eigenvalue weighted by atomic mass is 16.5. The van der Waals surface area contributed by atoms with Crippen molar-refractivity contribution in [2.45, 2.75) is 52.0 Å². The Kier molecular flexibility index (Phi) is 6.05. The minimum atomic E-state index is 0.102. The van der Waals surface area contributed by atoms with Gasteiger partial charge in [0.05, 0.1) is 6.61 Å². The summed E-state index contributed by atoms with van der Waals surface area (Å²) in [6.45, 7) is 6.12. The van der Waals surface area contributed by atoms with Gasteiger partial charge in [0.25, 0.3) is 0 Å². The molecule has 1 amide bonds. The highest BCUT2D eigenvalue weighted by molar-refractivity contribution is 5.93. The Hall–Kier alpha value is -1.55. The van der Waals surface area contributed by atoms with Crippen molar-refractivity contribution in [3.63, 3.8) is 0 Å². The summed E-state index contributed by atoms with van der Waals surface area (Å²) in [5.74, 6) is 1.01. The van der Waals surface area contributed by atoms with E-state index >= 15 is 0 Å². The van der Waals surface area contributed by atoms with E-state index in [1.54, 1.807) is 0 Å². The summed E-state index contributed by atoms with van der Waals surface area (Å²) in [5.41, 5.74) is 2.10. The number of fused-ring (bicyclic) bond motifs is 1. The summed E-state index contributed by atoms with van der Waals surface area (Å²) in [6, 6.07) is 6.52. The number of hydrogen-bond acceptors (Lipinski definition) is 3. The van der Waals surface area contributed by atoms with E-state index in [4.69, 9.17) is 4.74 Å². The molecule has 1 aliphatic rings. The van der Waals surface area contributed by atoms with Crippen molar-refractivity contribution < 1.29 is 9.53 Å². The smallest absolute Gasteiger partial charge is 0.224 e.